The normalized spacial score (nSPS) is 18.4. The summed E-state index contributed by atoms with van der Waals surface area (Å²) in [6.07, 6.45) is 8.10. The topological polar surface area (TPSA) is 63.2 Å². The maximum absolute atomic E-state index is 12.0. The summed E-state index contributed by atoms with van der Waals surface area (Å²) in [5, 5.41) is 2.95. The SMILES string of the molecule is CS(=O)(=O)Cc1ccc(CNC(=O)C2CC=CCC2)cc1. The number of sulfone groups is 1. The zero-order chi connectivity index (χ0) is 15.3. The molecule has 0 saturated carbocycles. The molecule has 0 aliphatic heterocycles. The van der Waals surface area contributed by atoms with Crippen molar-refractivity contribution in [3.63, 3.8) is 0 Å². The van der Waals surface area contributed by atoms with E-state index in [9.17, 15) is 13.2 Å². The molecule has 21 heavy (non-hydrogen) atoms. The molecule has 1 aromatic carbocycles. The summed E-state index contributed by atoms with van der Waals surface area (Å²) < 4.78 is 22.4. The minimum atomic E-state index is -3.01. The molecule has 2 rings (SSSR count). The predicted octanol–water partition coefficient (Wildman–Crippen LogP) is 2.20. The summed E-state index contributed by atoms with van der Waals surface area (Å²) >= 11 is 0. The van der Waals surface area contributed by atoms with Crippen LogP contribution in [0.25, 0.3) is 0 Å². The fourth-order valence-electron chi connectivity index (χ4n) is 2.42. The molecule has 1 N–H and O–H groups in total. The van der Waals surface area contributed by atoms with Crippen molar-refractivity contribution in [1.82, 2.24) is 5.32 Å². The number of amides is 1. The van der Waals surface area contributed by atoms with Gasteiger partial charge in [-0.1, -0.05) is 36.4 Å². The Morgan fingerprint density at radius 2 is 1.86 bits per heavy atom. The molecular weight excluding hydrogens is 286 g/mol. The van der Waals surface area contributed by atoms with Crippen molar-refractivity contribution < 1.29 is 13.2 Å². The lowest BCUT2D eigenvalue weighted by atomic mass is 9.93. The molecule has 1 aromatic rings. The van der Waals surface area contributed by atoms with Crippen molar-refractivity contribution in [1.29, 1.82) is 0 Å². The Kier molecular flexibility index (Phi) is 5.17. The molecule has 0 radical (unpaired) electrons. The van der Waals surface area contributed by atoms with Gasteiger partial charge >= 0.3 is 0 Å². The first kappa shape index (κ1) is 15.8. The molecule has 0 heterocycles. The van der Waals surface area contributed by atoms with E-state index in [0.717, 1.165) is 30.4 Å². The number of carbonyl (C=O) groups excluding carboxylic acids is 1. The highest BCUT2D eigenvalue weighted by Crippen LogP contribution is 2.18. The molecule has 1 atom stereocenters. The molecule has 0 aromatic heterocycles. The Morgan fingerprint density at radius 3 is 2.43 bits per heavy atom. The summed E-state index contributed by atoms with van der Waals surface area (Å²) in [5.74, 6) is 0.229. The average molecular weight is 307 g/mol. The number of hydrogen-bond donors (Lipinski definition) is 1. The van der Waals surface area contributed by atoms with E-state index < -0.39 is 9.84 Å². The van der Waals surface area contributed by atoms with Crippen LogP contribution < -0.4 is 5.32 Å². The van der Waals surface area contributed by atoms with Crippen molar-refractivity contribution in [2.75, 3.05) is 6.26 Å². The zero-order valence-electron chi connectivity index (χ0n) is 12.2. The molecule has 0 saturated heterocycles. The van der Waals surface area contributed by atoms with Gasteiger partial charge in [-0.05, 0) is 30.4 Å². The summed E-state index contributed by atoms with van der Waals surface area (Å²) in [6.45, 7) is 0.484. The fraction of sp³-hybridized carbons (Fsp3) is 0.438. The first-order valence-electron chi connectivity index (χ1n) is 7.12. The standard InChI is InChI=1S/C16H21NO3S/c1-21(19,20)12-14-9-7-13(8-10-14)11-17-16(18)15-5-3-2-4-6-15/h2-3,7-10,15H,4-6,11-12H2,1H3,(H,17,18). The molecule has 5 heteroatoms. The van der Waals surface area contributed by atoms with Gasteiger partial charge in [-0.15, -0.1) is 0 Å². The lowest BCUT2D eigenvalue weighted by Gasteiger charge is -2.17. The second-order valence-corrected chi connectivity index (χ2v) is 7.73. The second-order valence-electron chi connectivity index (χ2n) is 5.59. The van der Waals surface area contributed by atoms with Crippen LogP contribution in [0.4, 0.5) is 0 Å². The van der Waals surface area contributed by atoms with Crippen LogP contribution >= 0.6 is 0 Å². The smallest absolute Gasteiger partial charge is 0.223 e. The predicted molar refractivity (Wildman–Crippen MR) is 83.3 cm³/mol. The van der Waals surface area contributed by atoms with Crippen LogP contribution in [0.3, 0.4) is 0 Å². The Hall–Kier alpha value is -1.62. The van der Waals surface area contributed by atoms with Crippen LogP contribution in [-0.4, -0.2) is 20.6 Å². The molecule has 0 fully saturated rings. The average Bonchev–Trinajstić information content (AvgIpc) is 2.45. The monoisotopic (exact) mass is 307 g/mol. The number of allylic oxidation sites excluding steroid dienone is 2. The minimum Gasteiger partial charge on any atom is -0.352 e. The molecule has 114 valence electrons. The van der Waals surface area contributed by atoms with E-state index >= 15 is 0 Å². The number of rotatable bonds is 5. The van der Waals surface area contributed by atoms with E-state index in [4.69, 9.17) is 0 Å². The highest BCUT2D eigenvalue weighted by atomic mass is 32.2. The lowest BCUT2D eigenvalue weighted by Crippen LogP contribution is -2.30. The van der Waals surface area contributed by atoms with Gasteiger partial charge in [-0.2, -0.15) is 0 Å². The number of benzene rings is 1. The van der Waals surface area contributed by atoms with Gasteiger partial charge in [-0.25, -0.2) is 8.42 Å². The maximum atomic E-state index is 12.0. The van der Waals surface area contributed by atoms with Crippen molar-refractivity contribution in [3.05, 3.63) is 47.5 Å². The first-order chi connectivity index (χ1) is 9.94. The van der Waals surface area contributed by atoms with E-state index in [1.807, 2.05) is 12.1 Å². The van der Waals surface area contributed by atoms with Gasteiger partial charge in [0.05, 0.1) is 5.75 Å². The Labute approximate surface area is 126 Å². The minimum absolute atomic E-state index is 0.0497. The number of nitrogens with one attached hydrogen (secondary N) is 1. The second kappa shape index (κ2) is 6.89. The van der Waals surface area contributed by atoms with E-state index in [1.54, 1.807) is 12.1 Å². The summed E-state index contributed by atoms with van der Waals surface area (Å²) in [6, 6.07) is 7.32. The van der Waals surface area contributed by atoms with Gasteiger partial charge < -0.3 is 5.32 Å². The van der Waals surface area contributed by atoms with Crippen molar-refractivity contribution in [2.24, 2.45) is 5.92 Å². The third kappa shape index (κ3) is 5.34. The van der Waals surface area contributed by atoms with Crippen LogP contribution in [0, 0.1) is 5.92 Å². The highest BCUT2D eigenvalue weighted by molar-refractivity contribution is 7.89. The Morgan fingerprint density at radius 1 is 1.19 bits per heavy atom. The van der Waals surface area contributed by atoms with Crippen LogP contribution in [0.5, 0.6) is 0 Å². The lowest BCUT2D eigenvalue weighted by molar-refractivity contribution is -0.125. The van der Waals surface area contributed by atoms with Crippen LogP contribution in [-0.2, 0) is 26.9 Å². The van der Waals surface area contributed by atoms with Crippen molar-refractivity contribution in [2.45, 2.75) is 31.6 Å². The van der Waals surface area contributed by atoms with Crippen molar-refractivity contribution >= 4 is 15.7 Å². The third-order valence-electron chi connectivity index (χ3n) is 3.56. The number of carbonyl (C=O) groups is 1. The molecule has 0 bridgehead atoms. The first-order valence-corrected chi connectivity index (χ1v) is 9.18. The quantitative estimate of drug-likeness (QED) is 0.848. The van der Waals surface area contributed by atoms with Gasteiger partial charge in [0, 0.05) is 18.7 Å². The van der Waals surface area contributed by atoms with Crippen molar-refractivity contribution in [3.8, 4) is 0 Å². The molecule has 0 spiro atoms. The molecule has 1 amide bonds. The van der Waals surface area contributed by atoms with Crippen LogP contribution in [0.2, 0.25) is 0 Å². The largest absolute Gasteiger partial charge is 0.352 e. The molecule has 1 aliphatic rings. The van der Waals surface area contributed by atoms with E-state index in [0.29, 0.717) is 6.54 Å². The van der Waals surface area contributed by atoms with E-state index in [2.05, 4.69) is 17.5 Å². The van der Waals surface area contributed by atoms with Gasteiger partial charge in [-0.3, -0.25) is 4.79 Å². The molecule has 4 nitrogen and oxygen atoms in total. The van der Waals surface area contributed by atoms with E-state index in [-0.39, 0.29) is 17.6 Å². The van der Waals surface area contributed by atoms with Gasteiger partial charge in [0.25, 0.3) is 0 Å². The molecule has 1 aliphatic carbocycles. The third-order valence-corrected chi connectivity index (χ3v) is 4.42. The van der Waals surface area contributed by atoms with Crippen LogP contribution in [0.1, 0.15) is 30.4 Å². The molecular formula is C16H21NO3S. The fourth-order valence-corrected chi connectivity index (χ4v) is 3.22. The van der Waals surface area contributed by atoms with Gasteiger partial charge in [0.1, 0.15) is 0 Å². The van der Waals surface area contributed by atoms with Gasteiger partial charge in [0.15, 0.2) is 9.84 Å². The molecule has 1 unspecified atom stereocenters. The Bertz CT molecular complexity index is 617. The highest BCUT2D eigenvalue weighted by Gasteiger charge is 2.17. The van der Waals surface area contributed by atoms with E-state index in [1.165, 1.54) is 6.26 Å². The summed E-state index contributed by atoms with van der Waals surface area (Å²) in [4.78, 5) is 12.0. The summed E-state index contributed by atoms with van der Waals surface area (Å²) in [5.41, 5.74) is 1.75. The number of hydrogen-bond acceptors (Lipinski definition) is 3. The Balaban J connectivity index is 1.86. The maximum Gasteiger partial charge on any atom is 0.223 e. The summed E-state index contributed by atoms with van der Waals surface area (Å²) in [7, 11) is -3.01. The zero-order valence-corrected chi connectivity index (χ0v) is 13.0. The van der Waals surface area contributed by atoms with Gasteiger partial charge in [0.2, 0.25) is 5.91 Å². The van der Waals surface area contributed by atoms with Crippen LogP contribution in [0.15, 0.2) is 36.4 Å².